The molecule has 0 spiro atoms. The van der Waals surface area contributed by atoms with Crippen molar-refractivity contribution in [3.05, 3.63) is 0 Å². The van der Waals surface area contributed by atoms with Gasteiger partial charge in [0.15, 0.2) is 0 Å². The molecular formula is C16H23N3O4. The SMILES string of the molecule is CC=NC(=O)C1CCCN1C(=O)CNC(=O)OC1CC2CC2C1. The highest BCUT2D eigenvalue weighted by Gasteiger charge is 2.47. The second-order valence-corrected chi connectivity index (χ2v) is 6.58. The Kier molecular flexibility index (Phi) is 4.63. The van der Waals surface area contributed by atoms with Crippen molar-refractivity contribution in [1.29, 1.82) is 0 Å². The van der Waals surface area contributed by atoms with Crippen LogP contribution in [0, 0.1) is 11.8 Å². The van der Waals surface area contributed by atoms with Gasteiger partial charge in [-0.3, -0.25) is 9.59 Å². The number of carbonyl (C=O) groups excluding carboxylic acids is 3. The van der Waals surface area contributed by atoms with Crippen molar-refractivity contribution in [2.24, 2.45) is 16.8 Å². The highest BCUT2D eigenvalue weighted by Crippen LogP contribution is 2.52. The molecule has 0 aromatic carbocycles. The Balaban J connectivity index is 1.42. The molecule has 3 fully saturated rings. The number of carbonyl (C=O) groups is 3. The standard InChI is InChI=1S/C16H23N3O4/c1-2-17-15(21)13-4-3-5-19(13)14(20)9-18-16(22)23-12-7-10-6-11(10)8-12/h2,10-13H,3-9H2,1H3,(H,18,22). The summed E-state index contributed by atoms with van der Waals surface area (Å²) in [7, 11) is 0. The number of alkyl carbamates (subject to hydrolysis) is 1. The topological polar surface area (TPSA) is 88.1 Å². The van der Waals surface area contributed by atoms with E-state index in [2.05, 4.69) is 10.3 Å². The summed E-state index contributed by atoms with van der Waals surface area (Å²) in [4.78, 5) is 41.1. The van der Waals surface area contributed by atoms with Crippen LogP contribution in [0.5, 0.6) is 0 Å². The van der Waals surface area contributed by atoms with Gasteiger partial charge in [0.2, 0.25) is 5.91 Å². The van der Waals surface area contributed by atoms with Crippen molar-refractivity contribution >= 4 is 24.1 Å². The molecule has 0 aromatic heterocycles. The van der Waals surface area contributed by atoms with Crippen molar-refractivity contribution in [2.45, 2.75) is 51.2 Å². The van der Waals surface area contributed by atoms with E-state index in [-0.39, 0.29) is 24.5 Å². The van der Waals surface area contributed by atoms with Gasteiger partial charge in [-0.2, -0.15) is 0 Å². The van der Waals surface area contributed by atoms with Crippen LogP contribution < -0.4 is 5.32 Å². The van der Waals surface area contributed by atoms with E-state index in [1.807, 2.05) is 0 Å². The molecular weight excluding hydrogens is 298 g/mol. The van der Waals surface area contributed by atoms with Gasteiger partial charge in [-0.1, -0.05) is 0 Å². The fourth-order valence-corrected chi connectivity index (χ4v) is 3.73. The Morgan fingerprint density at radius 2 is 2.00 bits per heavy atom. The van der Waals surface area contributed by atoms with Gasteiger partial charge in [0.1, 0.15) is 18.7 Å². The van der Waals surface area contributed by atoms with Crippen molar-refractivity contribution in [3.8, 4) is 0 Å². The number of hydrogen-bond donors (Lipinski definition) is 1. The molecule has 1 heterocycles. The maximum atomic E-state index is 12.2. The Labute approximate surface area is 135 Å². The summed E-state index contributed by atoms with van der Waals surface area (Å²) >= 11 is 0. The van der Waals surface area contributed by atoms with Crippen LogP contribution in [0.25, 0.3) is 0 Å². The summed E-state index contributed by atoms with van der Waals surface area (Å²) in [5, 5.41) is 2.51. The number of rotatable bonds is 4. The average Bonchev–Trinajstić information content (AvgIpc) is 2.94. The van der Waals surface area contributed by atoms with Gasteiger partial charge < -0.3 is 15.0 Å². The molecule has 3 atom stereocenters. The van der Waals surface area contributed by atoms with Crippen LogP contribution in [0.2, 0.25) is 0 Å². The molecule has 1 N–H and O–H groups in total. The van der Waals surface area contributed by atoms with Crippen LogP contribution in [-0.2, 0) is 14.3 Å². The van der Waals surface area contributed by atoms with Crippen LogP contribution >= 0.6 is 0 Å². The number of hydrogen-bond acceptors (Lipinski definition) is 4. The smallest absolute Gasteiger partial charge is 0.407 e. The normalized spacial score (nSPS) is 32.0. The van der Waals surface area contributed by atoms with Crippen LogP contribution in [-0.4, -0.2) is 54.3 Å². The summed E-state index contributed by atoms with van der Waals surface area (Å²) in [5.74, 6) is 0.916. The molecule has 2 aliphatic carbocycles. The first-order valence-electron chi connectivity index (χ1n) is 8.35. The zero-order valence-electron chi connectivity index (χ0n) is 13.4. The zero-order chi connectivity index (χ0) is 16.4. The van der Waals surface area contributed by atoms with E-state index in [1.54, 1.807) is 6.92 Å². The van der Waals surface area contributed by atoms with Crippen LogP contribution in [0.15, 0.2) is 4.99 Å². The lowest BCUT2D eigenvalue weighted by Crippen LogP contribution is -2.45. The van der Waals surface area contributed by atoms with Gasteiger partial charge in [0.25, 0.3) is 5.91 Å². The summed E-state index contributed by atoms with van der Waals surface area (Å²) in [5.41, 5.74) is 0. The highest BCUT2D eigenvalue weighted by atomic mass is 16.6. The Hall–Kier alpha value is -1.92. The van der Waals surface area contributed by atoms with Gasteiger partial charge in [-0.15, -0.1) is 0 Å². The van der Waals surface area contributed by atoms with E-state index in [1.165, 1.54) is 17.5 Å². The summed E-state index contributed by atoms with van der Waals surface area (Å²) < 4.78 is 5.33. The van der Waals surface area contributed by atoms with E-state index in [0.29, 0.717) is 13.0 Å². The first kappa shape index (κ1) is 16.0. The predicted molar refractivity (Wildman–Crippen MR) is 83.0 cm³/mol. The van der Waals surface area contributed by atoms with Gasteiger partial charge in [0.05, 0.1) is 0 Å². The molecule has 3 rings (SSSR count). The molecule has 7 nitrogen and oxygen atoms in total. The third-order valence-electron chi connectivity index (χ3n) is 4.97. The monoisotopic (exact) mass is 321 g/mol. The molecule has 0 radical (unpaired) electrons. The predicted octanol–water partition coefficient (Wildman–Crippen LogP) is 1.12. The third-order valence-corrected chi connectivity index (χ3v) is 4.97. The van der Waals surface area contributed by atoms with Crippen molar-refractivity contribution < 1.29 is 19.1 Å². The number of likely N-dealkylation sites (tertiary alicyclic amines) is 1. The Bertz CT molecular complexity index is 523. The lowest BCUT2D eigenvalue weighted by molar-refractivity contribution is -0.136. The van der Waals surface area contributed by atoms with E-state index in [9.17, 15) is 14.4 Å². The first-order valence-corrected chi connectivity index (χ1v) is 8.35. The van der Waals surface area contributed by atoms with E-state index < -0.39 is 12.1 Å². The number of amides is 3. The average molecular weight is 321 g/mol. The van der Waals surface area contributed by atoms with Crippen LogP contribution in [0.4, 0.5) is 4.79 Å². The maximum Gasteiger partial charge on any atom is 0.407 e. The molecule has 3 amide bonds. The lowest BCUT2D eigenvalue weighted by atomic mass is 10.2. The number of aliphatic imine (C=N–C) groups is 1. The largest absolute Gasteiger partial charge is 0.446 e. The number of ether oxygens (including phenoxy) is 1. The Morgan fingerprint density at radius 1 is 1.26 bits per heavy atom. The maximum absolute atomic E-state index is 12.2. The van der Waals surface area contributed by atoms with Crippen molar-refractivity contribution in [1.82, 2.24) is 10.2 Å². The van der Waals surface area contributed by atoms with Crippen molar-refractivity contribution in [3.63, 3.8) is 0 Å². The second-order valence-electron chi connectivity index (χ2n) is 6.58. The molecule has 2 saturated carbocycles. The minimum Gasteiger partial charge on any atom is -0.446 e. The molecule has 7 heteroatoms. The van der Waals surface area contributed by atoms with E-state index in [4.69, 9.17) is 4.74 Å². The summed E-state index contributed by atoms with van der Waals surface area (Å²) in [6, 6.07) is -0.501. The fraction of sp³-hybridized carbons (Fsp3) is 0.750. The minimum absolute atomic E-state index is 0.00569. The lowest BCUT2D eigenvalue weighted by Gasteiger charge is -2.22. The second kappa shape index (κ2) is 6.68. The minimum atomic E-state index is -0.543. The molecule has 3 unspecified atom stereocenters. The fourth-order valence-electron chi connectivity index (χ4n) is 3.73. The molecule has 0 aromatic rings. The number of fused-ring (bicyclic) bond motifs is 1. The van der Waals surface area contributed by atoms with Gasteiger partial charge in [-0.05, 0) is 50.9 Å². The quantitative estimate of drug-likeness (QED) is 0.786. The van der Waals surface area contributed by atoms with Crippen molar-refractivity contribution in [2.75, 3.05) is 13.1 Å². The molecule has 0 bridgehead atoms. The molecule has 1 saturated heterocycles. The highest BCUT2D eigenvalue weighted by molar-refractivity contribution is 5.93. The van der Waals surface area contributed by atoms with Crippen LogP contribution in [0.1, 0.15) is 39.0 Å². The van der Waals surface area contributed by atoms with E-state index >= 15 is 0 Å². The van der Waals surface area contributed by atoms with Gasteiger partial charge in [0, 0.05) is 12.8 Å². The van der Waals surface area contributed by atoms with Gasteiger partial charge >= 0.3 is 6.09 Å². The number of nitrogens with one attached hydrogen (secondary N) is 1. The third kappa shape index (κ3) is 3.71. The molecule has 1 aliphatic heterocycles. The summed E-state index contributed by atoms with van der Waals surface area (Å²) in [6.07, 6.45) is 5.45. The van der Waals surface area contributed by atoms with E-state index in [0.717, 1.165) is 31.1 Å². The van der Waals surface area contributed by atoms with Gasteiger partial charge in [-0.25, -0.2) is 9.79 Å². The zero-order valence-corrected chi connectivity index (χ0v) is 13.4. The van der Waals surface area contributed by atoms with Crippen LogP contribution in [0.3, 0.4) is 0 Å². The Morgan fingerprint density at radius 3 is 2.70 bits per heavy atom. The molecule has 126 valence electrons. The molecule has 23 heavy (non-hydrogen) atoms. The number of nitrogens with zero attached hydrogens (tertiary/aromatic N) is 2. The first-order chi connectivity index (χ1) is 11.1. The molecule has 3 aliphatic rings. The summed E-state index contributed by atoms with van der Waals surface area (Å²) in [6.45, 7) is 2.05.